The monoisotopic (exact) mass is 198 g/mol. The molecule has 2 N–H and O–H groups in total. The summed E-state index contributed by atoms with van der Waals surface area (Å²) < 4.78 is 4.71. The third kappa shape index (κ3) is 4.39. The van der Waals surface area contributed by atoms with E-state index in [-0.39, 0.29) is 12.5 Å². The van der Waals surface area contributed by atoms with Gasteiger partial charge in [-0.3, -0.25) is 4.79 Å². The normalized spacial score (nSPS) is 16.2. The van der Waals surface area contributed by atoms with E-state index in [0.717, 1.165) is 25.9 Å². The van der Waals surface area contributed by atoms with Crippen molar-refractivity contribution in [1.82, 2.24) is 10.6 Å². The summed E-state index contributed by atoms with van der Waals surface area (Å²) in [6.45, 7) is 2.88. The second-order valence-electron chi connectivity index (χ2n) is 3.35. The molecule has 0 aromatic heterocycles. The molecule has 0 atom stereocenters. The number of carbonyl (C=O) groups excluding carboxylic acids is 1. The zero-order valence-corrected chi connectivity index (χ0v) is 8.64. The minimum Gasteiger partial charge on any atom is -0.375 e. The molecule has 0 unspecified atom stereocenters. The van der Waals surface area contributed by atoms with E-state index in [1.807, 2.05) is 0 Å². The van der Waals surface area contributed by atoms with Crippen molar-refractivity contribution in [3.8, 4) is 0 Å². The van der Waals surface area contributed by atoms with Crippen molar-refractivity contribution in [2.45, 2.75) is 12.8 Å². The first-order valence-corrected chi connectivity index (χ1v) is 4.97. The molecule has 1 aliphatic rings. The highest BCUT2D eigenvalue weighted by Gasteiger charge is 2.03. The van der Waals surface area contributed by atoms with Crippen molar-refractivity contribution in [2.75, 3.05) is 33.4 Å². The molecule has 1 heterocycles. The van der Waals surface area contributed by atoms with E-state index in [1.165, 1.54) is 12.7 Å². The third-order valence-electron chi connectivity index (χ3n) is 2.20. The predicted molar refractivity (Wildman–Crippen MR) is 55.1 cm³/mol. The van der Waals surface area contributed by atoms with E-state index in [0.29, 0.717) is 6.54 Å². The van der Waals surface area contributed by atoms with Crippen LogP contribution in [-0.2, 0) is 9.53 Å². The highest BCUT2D eigenvalue weighted by molar-refractivity contribution is 5.77. The predicted octanol–water partition coefficient (Wildman–Crippen LogP) is 0.0588. The quantitative estimate of drug-likeness (QED) is 0.614. The third-order valence-corrected chi connectivity index (χ3v) is 2.20. The average Bonchev–Trinajstić information content (AvgIpc) is 2.20. The van der Waals surface area contributed by atoms with Gasteiger partial charge in [0, 0.05) is 20.2 Å². The molecule has 0 aliphatic carbocycles. The fraction of sp³-hybridized carbons (Fsp3) is 0.700. The molecule has 1 rings (SSSR count). The molecule has 80 valence electrons. The maximum absolute atomic E-state index is 11.0. The lowest BCUT2D eigenvalue weighted by molar-refractivity contribution is -0.124. The van der Waals surface area contributed by atoms with Crippen molar-refractivity contribution in [3.63, 3.8) is 0 Å². The number of nitrogens with one attached hydrogen (secondary N) is 2. The van der Waals surface area contributed by atoms with E-state index in [1.54, 1.807) is 0 Å². The van der Waals surface area contributed by atoms with Crippen molar-refractivity contribution < 1.29 is 9.53 Å². The highest BCUT2D eigenvalue weighted by atomic mass is 16.5. The van der Waals surface area contributed by atoms with Gasteiger partial charge < -0.3 is 15.4 Å². The van der Waals surface area contributed by atoms with Gasteiger partial charge in [-0.25, -0.2) is 0 Å². The summed E-state index contributed by atoms with van der Waals surface area (Å²) in [6.07, 6.45) is 4.25. The van der Waals surface area contributed by atoms with Gasteiger partial charge >= 0.3 is 0 Å². The number of rotatable bonds is 5. The molecule has 4 heteroatoms. The fourth-order valence-corrected chi connectivity index (χ4v) is 1.44. The molecule has 4 nitrogen and oxygen atoms in total. The van der Waals surface area contributed by atoms with E-state index >= 15 is 0 Å². The molecule has 0 saturated carbocycles. The summed E-state index contributed by atoms with van der Waals surface area (Å²) in [5.41, 5.74) is 1.43. The first kappa shape index (κ1) is 11.2. The Morgan fingerprint density at radius 1 is 1.71 bits per heavy atom. The van der Waals surface area contributed by atoms with Crippen LogP contribution >= 0.6 is 0 Å². The van der Waals surface area contributed by atoms with Crippen molar-refractivity contribution in [1.29, 1.82) is 0 Å². The Kier molecular flexibility index (Phi) is 5.25. The summed E-state index contributed by atoms with van der Waals surface area (Å²) in [5, 5.41) is 6.06. The van der Waals surface area contributed by atoms with E-state index in [9.17, 15) is 4.79 Å². The SMILES string of the molecule is COCC(=O)NCCC1=CCNCC1. The lowest BCUT2D eigenvalue weighted by Crippen LogP contribution is -2.29. The van der Waals surface area contributed by atoms with E-state index in [4.69, 9.17) is 4.74 Å². The second-order valence-corrected chi connectivity index (χ2v) is 3.35. The van der Waals surface area contributed by atoms with Crippen LogP contribution in [0.4, 0.5) is 0 Å². The average molecular weight is 198 g/mol. The van der Waals surface area contributed by atoms with Crippen LogP contribution in [-0.4, -0.2) is 39.3 Å². The lowest BCUT2D eigenvalue weighted by Gasteiger charge is -2.13. The first-order chi connectivity index (χ1) is 6.83. The summed E-state index contributed by atoms with van der Waals surface area (Å²) >= 11 is 0. The van der Waals surface area contributed by atoms with Gasteiger partial charge in [-0.15, -0.1) is 0 Å². The van der Waals surface area contributed by atoms with Gasteiger partial charge in [-0.1, -0.05) is 11.6 Å². The largest absolute Gasteiger partial charge is 0.375 e. The topological polar surface area (TPSA) is 50.4 Å². The molecule has 1 amide bonds. The maximum atomic E-state index is 11.0. The molecule has 0 aromatic carbocycles. The summed E-state index contributed by atoms with van der Waals surface area (Å²) in [4.78, 5) is 11.0. The van der Waals surface area contributed by atoms with Gasteiger partial charge in [0.15, 0.2) is 0 Å². The van der Waals surface area contributed by atoms with Crippen LogP contribution in [0, 0.1) is 0 Å². The molecule has 14 heavy (non-hydrogen) atoms. The molecule has 0 bridgehead atoms. The number of ether oxygens (including phenoxy) is 1. The molecule has 0 aromatic rings. The zero-order valence-electron chi connectivity index (χ0n) is 8.64. The fourth-order valence-electron chi connectivity index (χ4n) is 1.44. The summed E-state index contributed by atoms with van der Waals surface area (Å²) in [6, 6.07) is 0. The number of amides is 1. The standard InChI is InChI=1S/C10H18N2O2/c1-14-8-10(13)12-7-4-9-2-5-11-6-3-9/h2,11H,3-8H2,1H3,(H,12,13). The number of carbonyl (C=O) groups is 1. The Morgan fingerprint density at radius 3 is 3.21 bits per heavy atom. The van der Waals surface area contributed by atoms with E-state index in [2.05, 4.69) is 16.7 Å². The van der Waals surface area contributed by atoms with Gasteiger partial charge in [0.25, 0.3) is 0 Å². The number of methoxy groups -OCH3 is 1. The Balaban J connectivity index is 2.08. The van der Waals surface area contributed by atoms with Crippen molar-refractivity contribution in [3.05, 3.63) is 11.6 Å². The molecule has 0 radical (unpaired) electrons. The zero-order chi connectivity index (χ0) is 10.2. The highest BCUT2D eigenvalue weighted by Crippen LogP contribution is 2.07. The van der Waals surface area contributed by atoms with Crippen LogP contribution in [0.5, 0.6) is 0 Å². The molecule has 0 fully saturated rings. The molecular formula is C10H18N2O2. The van der Waals surface area contributed by atoms with E-state index < -0.39 is 0 Å². The molecular weight excluding hydrogens is 180 g/mol. The Hall–Kier alpha value is -0.870. The number of hydrogen-bond acceptors (Lipinski definition) is 3. The van der Waals surface area contributed by atoms with Crippen molar-refractivity contribution in [2.24, 2.45) is 0 Å². The number of hydrogen-bond donors (Lipinski definition) is 2. The molecule has 0 saturated heterocycles. The van der Waals surface area contributed by atoms with Gasteiger partial charge in [-0.2, -0.15) is 0 Å². The van der Waals surface area contributed by atoms with Crippen LogP contribution in [0.1, 0.15) is 12.8 Å². The van der Waals surface area contributed by atoms with Crippen LogP contribution in [0.25, 0.3) is 0 Å². The van der Waals surface area contributed by atoms with Gasteiger partial charge in [0.2, 0.25) is 5.91 Å². The van der Waals surface area contributed by atoms with Gasteiger partial charge in [0.05, 0.1) is 0 Å². The first-order valence-electron chi connectivity index (χ1n) is 4.97. The Bertz CT molecular complexity index is 214. The Morgan fingerprint density at radius 2 is 2.57 bits per heavy atom. The van der Waals surface area contributed by atoms with Crippen LogP contribution < -0.4 is 10.6 Å². The van der Waals surface area contributed by atoms with Crippen LogP contribution in [0.2, 0.25) is 0 Å². The maximum Gasteiger partial charge on any atom is 0.245 e. The molecule has 0 spiro atoms. The van der Waals surface area contributed by atoms with Crippen LogP contribution in [0.3, 0.4) is 0 Å². The minimum atomic E-state index is -0.0398. The smallest absolute Gasteiger partial charge is 0.245 e. The lowest BCUT2D eigenvalue weighted by atomic mass is 10.1. The summed E-state index contributed by atoms with van der Waals surface area (Å²) in [7, 11) is 1.52. The second kappa shape index (κ2) is 6.56. The van der Waals surface area contributed by atoms with Gasteiger partial charge in [-0.05, 0) is 19.4 Å². The van der Waals surface area contributed by atoms with Gasteiger partial charge in [0.1, 0.15) is 6.61 Å². The molecule has 1 aliphatic heterocycles. The van der Waals surface area contributed by atoms with Crippen molar-refractivity contribution >= 4 is 5.91 Å². The Labute approximate surface area is 84.7 Å². The summed E-state index contributed by atoms with van der Waals surface area (Å²) in [5.74, 6) is -0.0398. The van der Waals surface area contributed by atoms with Crippen LogP contribution in [0.15, 0.2) is 11.6 Å². The minimum absolute atomic E-state index is 0.0398.